The van der Waals surface area contributed by atoms with E-state index in [1.807, 2.05) is 48.5 Å². The molecule has 100 valence electrons. The van der Waals surface area contributed by atoms with Gasteiger partial charge in [0.25, 0.3) is 5.91 Å². The fourth-order valence-electron chi connectivity index (χ4n) is 1.87. The average molecular weight is 265 g/mol. The molecule has 1 unspecified atom stereocenters. The summed E-state index contributed by atoms with van der Waals surface area (Å²) < 4.78 is 0. The molecule has 0 saturated heterocycles. The summed E-state index contributed by atoms with van der Waals surface area (Å²) in [6, 6.07) is 18.2. The lowest BCUT2D eigenvalue weighted by Gasteiger charge is -2.15. The van der Waals surface area contributed by atoms with Crippen LogP contribution < -0.4 is 5.32 Å². The molecule has 3 nitrogen and oxygen atoms in total. The van der Waals surface area contributed by atoms with Crippen LogP contribution in [0.5, 0.6) is 0 Å². The normalized spacial score (nSPS) is 12.0. The standard InChI is InChI=1S/C17H15NO2/c19-13-7-12-16(14-8-3-1-4-9-14)18-17(20)15-10-5-2-6-11-15/h1-13,16H,(H,18,20). The Balaban J connectivity index is 2.19. The number of aldehydes is 1. The van der Waals surface area contributed by atoms with E-state index in [1.165, 1.54) is 6.08 Å². The minimum atomic E-state index is -0.325. The summed E-state index contributed by atoms with van der Waals surface area (Å²) in [5.74, 6) is -0.171. The average Bonchev–Trinajstić information content (AvgIpc) is 2.53. The third-order valence-corrected chi connectivity index (χ3v) is 2.86. The van der Waals surface area contributed by atoms with E-state index in [2.05, 4.69) is 5.32 Å². The van der Waals surface area contributed by atoms with E-state index < -0.39 is 0 Å². The van der Waals surface area contributed by atoms with Crippen LogP contribution in [0, 0.1) is 0 Å². The van der Waals surface area contributed by atoms with Crippen LogP contribution in [-0.2, 0) is 4.79 Å². The van der Waals surface area contributed by atoms with Crippen molar-refractivity contribution in [2.24, 2.45) is 0 Å². The molecule has 1 N–H and O–H groups in total. The van der Waals surface area contributed by atoms with E-state index in [4.69, 9.17) is 0 Å². The van der Waals surface area contributed by atoms with Gasteiger partial charge in [0, 0.05) is 5.56 Å². The Morgan fingerprint density at radius 3 is 2.15 bits per heavy atom. The lowest BCUT2D eigenvalue weighted by atomic mass is 10.1. The molecule has 0 bridgehead atoms. The van der Waals surface area contributed by atoms with Crippen molar-refractivity contribution in [2.75, 3.05) is 0 Å². The fraction of sp³-hybridized carbons (Fsp3) is 0.0588. The highest BCUT2D eigenvalue weighted by Gasteiger charge is 2.12. The minimum Gasteiger partial charge on any atom is -0.342 e. The molecule has 0 fully saturated rings. The van der Waals surface area contributed by atoms with Gasteiger partial charge in [-0.3, -0.25) is 9.59 Å². The maximum Gasteiger partial charge on any atom is 0.252 e. The maximum atomic E-state index is 12.2. The van der Waals surface area contributed by atoms with Crippen LogP contribution in [-0.4, -0.2) is 12.2 Å². The van der Waals surface area contributed by atoms with E-state index in [0.29, 0.717) is 11.8 Å². The van der Waals surface area contributed by atoms with Gasteiger partial charge in [0.2, 0.25) is 0 Å². The Bertz CT molecular complexity index is 591. The first-order chi connectivity index (χ1) is 9.81. The lowest BCUT2D eigenvalue weighted by Crippen LogP contribution is -2.27. The summed E-state index contributed by atoms with van der Waals surface area (Å²) in [5.41, 5.74) is 1.52. The summed E-state index contributed by atoms with van der Waals surface area (Å²) in [6.07, 6.45) is 3.76. The van der Waals surface area contributed by atoms with Gasteiger partial charge in [-0.25, -0.2) is 0 Å². The summed E-state index contributed by atoms with van der Waals surface area (Å²) in [5, 5.41) is 2.90. The molecule has 1 atom stereocenters. The van der Waals surface area contributed by atoms with Gasteiger partial charge in [0.1, 0.15) is 6.29 Å². The topological polar surface area (TPSA) is 46.2 Å². The molecular weight excluding hydrogens is 250 g/mol. The molecule has 0 aliphatic rings. The maximum absolute atomic E-state index is 12.2. The van der Waals surface area contributed by atoms with Crippen LogP contribution in [0.4, 0.5) is 0 Å². The molecule has 0 spiro atoms. The Kier molecular flexibility index (Phi) is 4.84. The second-order valence-electron chi connectivity index (χ2n) is 4.25. The van der Waals surface area contributed by atoms with Gasteiger partial charge in [-0.05, 0) is 23.8 Å². The predicted octanol–water partition coefficient (Wildman–Crippen LogP) is 2.91. The highest BCUT2D eigenvalue weighted by Crippen LogP contribution is 2.14. The van der Waals surface area contributed by atoms with Gasteiger partial charge in [-0.2, -0.15) is 0 Å². The molecular formula is C17H15NO2. The van der Waals surface area contributed by atoms with Gasteiger partial charge < -0.3 is 5.32 Å². The van der Waals surface area contributed by atoms with E-state index in [1.54, 1.807) is 18.2 Å². The highest BCUT2D eigenvalue weighted by molar-refractivity contribution is 5.94. The molecule has 0 aliphatic heterocycles. The van der Waals surface area contributed by atoms with Crippen molar-refractivity contribution in [2.45, 2.75) is 6.04 Å². The first-order valence-electron chi connectivity index (χ1n) is 6.34. The monoisotopic (exact) mass is 265 g/mol. The number of allylic oxidation sites excluding steroid dienone is 1. The molecule has 20 heavy (non-hydrogen) atoms. The van der Waals surface area contributed by atoms with Crippen molar-refractivity contribution in [1.82, 2.24) is 5.32 Å². The van der Waals surface area contributed by atoms with Crippen LogP contribution in [0.2, 0.25) is 0 Å². The Hall–Kier alpha value is -2.68. The fourth-order valence-corrected chi connectivity index (χ4v) is 1.87. The van der Waals surface area contributed by atoms with Crippen LogP contribution in [0.3, 0.4) is 0 Å². The molecule has 0 radical (unpaired) electrons. The van der Waals surface area contributed by atoms with Crippen molar-refractivity contribution in [3.63, 3.8) is 0 Å². The van der Waals surface area contributed by atoms with E-state index >= 15 is 0 Å². The third kappa shape index (κ3) is 3.65. The second kappa shape index (κ2) is 7.04. The number of carbonyl (C=O) groups excluding carboxylic acids is 2. The number of hydrogen-bond donors (Lipinski definition) is 1. The van der Waals surface area contributed by atoms with Crippen LogP contribution in [0.25, 0.3) is 0 Å². The number of benzene rings is 2. The molecule has 2 aromatic carbocycles. The van der Waals surface area contributed by atoms with Crippen molar-refractivity contribution < 1.29 is 9.59 Å². The molecule has 2 rings (SSSR count). The summed E-state index contributed by atoms with van der Waals surface area (Å²) in [7, 11) is 0. The van der Waals surface area contributed by atoms with Gasteiger partial charge >= 0.3 is 0 Å². The lowest BCUT2D eigenvalue weighted by molar-refractivity contribution is -0.104. The summed E-state index contributed by atoms with van der Waals surface area (Å²) >= 11 is 0. The predicted molar refractivity (Wildman–Crippen MR) is 78.3 cm³/mol. The smallest absolute Gasteiger partial charge is 0.252 e. The molecule has 0 aromatic heterocycles. The van der Waals surface area contributed by atoms with Crippen LogP contribution >= 0.6 is 0 Å². The highest BCUT2D eigenvalue weighted by atomic mass is 16.1. The van der Waals surface area contributed by atoms with E-state index in [0.717, 1.165) is 5.56 Å². The number of rotatable bonds is 5. The number of amides is 1. The Morgan fingerprint density at radius 1 is 0.950 bits per heavy atom. The Labute approximate surface area is 117 Å². The molecule has 0 heterocycles. The zero-order valence-corrected chi connectivity index (χ0v) is 10.9. The second-order valence-corrected chi connectivity index (χ2v) is 4.25. The first kappa shape index (κ1) is 13.7. The Morgan fingerprint density at radius 2 is 1.55 bits per heavy atom. The van der Waals surface area contributed by atoms with Crippen molar-refractivity contribution in [3.05, 3.63) is 83.9 Å². The molecule has 1 amide bonds. The van der Waals surface area contributed by atoms with E-state index in [-0.39, 0.29) is 11.9 Å². The third-order valence-electron chi connectivity index (χ3n) is 2.86. The van der Waals surface area contributed by atoms with Gasteiger partial charge in [-0.1, -0.05) is 54.6 Å². The van der Waals surface area contributed by atoms with Crippen LogP contribution in [0.1, 0.15) is 22.0 Å². The zero-order chi connectivity index (χ0) is 14.2. The number of nitrogens with one attached hydrogen (secondary N) is 1. The van der Waals surface area contributed by atoms with Gasteiger partial charge in [0.05, 0.1) is 6.04 Å². The molecule has 0 aliphatic carbocycles. The van der Waals surface area contributed by atoms with Gasteiger partial charge in [-0.15, -0.1) is 0 Å². The summed E-state index contributed by atoms with van der Waals surface area (Å²) in [4.78, 5) is 22.7. The largest absolute Gasteiger partial charge is 0.342 e. The van der Waals surface area contributed by atoms with Crippen LogP contribution in [0.15, 0.2) is 72.8 Å². The van der Waals surface area contributed by atoms with Crippen molar-refractivity contribution in [1.29, 1.82) is 0 Å². The summed E-state index contributed by atoms with van der Waals surface area (Å²) in [6.45, 7) is 0. The molecule has 2 aromatic rings. The van der Waals surface area contributed by atoms with E-state index in [9.17, 15) is 9.59 Å². The quantitative estimate of drug-likeness (QED) is 0.667. The number of carbonyl (C=O) groups is 2. The minimum absolute atomic E-state index is 0.171. The van der Waals surface area contributed by atoms with Gasteiger partial charge in [0.15, 0.2) is 0 Å². The zero-order valence-electron chi connectivity index (χ0n) is 10.9. The van der Waals surface area contributed by atoms with Crippen molar-refractivity contribution >= 4 is 12.2 Å². The SMILES string of the molecule is O=CC=CC(NC(=O)c1ccccc1)c1ccccc1. The molecule has 3 heteroatoms. The van der Waals surface area contributed by atoms with Crippen molar-refractivity contribution in [3.8, 4) is 0 Å². The molecule has 0 saturated carbocycles. The first-order valence-corrected chi connectivity index (χ1v) is 6.34. The number of hydrogen-bond acceptors (Lipinski definition) is 2.